The molecule has 1 aromatic rings. The highest BCUT2D eigenvalue weighted by atomic mass is 16.2. The van der Waals surface area contributed by atoms with Gasteiger partial charge in [0.25, 0.3) is 0 Å². The fraction of sp³-hybridized carbons (Fsp3) is 0.619. The van der Waals surface area contributed by atoms with E-state index in [0.29, 0.717) is 17.9 Å². The first-order valence-electron chi connectivity index (χ1n) is 9.90. The van der Waals surface area contributed by atoms with Gasteiger partial charge >= 0.3 is 0 Å². The van der Waals surface area contributed by atoms with Crippen molar-refractivity contribution < 1.29 is 9.59 Å². The Kier molecular flexibility index (Phi) is 3.61. The smallest absolute Gasteiger partial charge is 0.245 e. The van der Waals surface area contributed by atoms with E-state index in [-0.39, 0.29) is 23.8 Å². The lowest BCUT2D eigenvalue weighted by Gasteiger charge is -2.36. The standard InChI is InChI=1S/C21H26N2O2/c24-20(18-13-17(18)14-6-2-1-3-7-14)23-16-9-8-15(12-16)19(23)21(25)22-10-4-5-11-22/h1-3,6-7,15-19H,4-5,8-13H2. The fourth-order valence-electron chi connectivity index (χ4n) is 5.48. The summed E-state index contributed by atoms with van der Waals surface area (Å²) >= 11 is 0. The summed E-state index contributed by atoms with van der Waals surface area (Å²) in [4.78, 5) is 30.4. The third kappa shape index (κ3) is 2.49. The summed E-state index contributed by atoms with van der Waals surface area (Å²) in [6, 6.07) is 10.5. The van der Waals surface area contributed by atoms with E-state index in [0.717, 1.165) is 51.6 Å². The molecule has 5 atom stereocenters. The van der Waals surface area contributed by atoms with Crippen molar-refractivity contribution in [1.82, 2.24) is 9.80 Å². The third-order valence-electron chi connectivity index (χ3n) is 6.85. The zero-order valence-electron chi connectivity index (χ0n) is 14.6. The summed E-state index contributed by atoms with van der Waals surface area (Å²) in [5.41, 5.74) is 1.27. The Hall–Kier alpha value is -1.84. The number of nitrogens with zero attached hydrogens (tertiary/aromatic N) is 2. The Labute approximate surface area is 149 Å². The van der Waals surface area contributed by atoms with Crippen LogP contribution in [0.25, 0.3) is 0 Å². The summed E-state index contributed by atoms with van der Waals surface area (Å²) < 4.78 is 0. The van der Waals surface area contributed by atoms with Crippen molar-refractivity contribution in [3.63, 3.8) is 0 Å². The second-order valence-corrected chi connectivity index (χ2v) is 8.31. The number of amides is 2. The lowest BCUT2D eigenvalue weighted by atomic mass is 9.96. The minimum atomic E-state index is -0.165. The van der Waals surface area contributed by atoms with Crippen LogP contribution < -0.4 is 0 Å². The predicted molar refractivity (Wildman–Crippen MR) is 94.9 cm³/mol. The van der Waals surface area contributed by atoms with Crippen LogP contribution in [-0.4, -0.2) is 46.8 Å². The molecule has 2 aliphatic carbocycles. The number of fused-ring (bicyclic) bond motifs is 2. The molecule has 2 amide bonds. The van der Waals surface area contributed by atoms with Gasteiger partial charge in [-0.25, -0.2) is 0 Å². The molecule has 0 spiro atoms. The number of carbonyl (C=O) groups is 2. The molecule has 5 rings (SSSR count). The average molecular weight is 338 g/mol. The van der Waals surface area contributed by atoms with E-state index in [4.69, 9.17) is 0 Å². The van der Waals surface area contributed by atoms with Crippen LogP contribution in [-0.2, 0) is 9.59 Å². The molecular formula is C21H26N2O2. The van der Waals surface area contributed by atoms with Crippen LogP contribution in [0.1, 0.15) is 50.0 Å². The minimum absolute atomic E-state index is 0.0932. The van der Waals surface area contributed by atoms with Crippen LogP contribution in [0.4, 0.5) is 0 Å². The lowest BCUT2D eigenvalue weighted by Crippen LogP contribution is -2.53. The van der Waals surface area contributed by atoms with Crippen molar-refractivity contribution in [3.05, 3.63) is 35.9 Å². The van der Waals surface area contributed by atoms with Crippen LogP contribution in [0.3, 0.4) is 0 Å². The van der Waals surface area contributed by atoms with E-state index >= 15 is 0 Å². The molecule has 2 saturated carbocycles. The summed E-state index contributed by atoms with van der Waals surface area (Å²) in [5.74, 6) is 1.33. The molecular weight excluding hydrogens is 312 g/mol. The van der Waals surface area contributed by atoms with Crippen molar-refractivity contribution in [1.29, 1.82) is 0 Å². The highest BCUT2D eigenvalue weighted by Gasteiger charge is 2.56. The molecule has 0 aromatic heterocycles. The molecule has 4 fully saturated rings. The molecule has 0 radical (unpaired) electrons. The van der Waals surface area contributed by atoms with Gasteiger partial charge in [0.2, 0.25) is 11.8 Å². The zero-order chi connectivity index (χ0) is 17.0. The maximum Gasteiger partial charge on any atom is 0.245 e. The zero-order valence-corrected chi connectivity index (χ0v) is 14.6. The highest BCUT2D eigenvalue weighted by molar-refractivity contribution is 5.91. The van der Waals surface area contributed by atoms with Crippen molar-refractivity contribution in [2.45, 2.75) is 56.5 Å². The monoisotopic (exact) mass is 338 g/mol. The molecule has 2 aliphatic heterocycles. The number of rotatable bonds is 3. The molecule has 2 heterocycles. The second-order valence-electron chi connectivity index (χ2n) is 8.31. The van der Waals surface area contributed by atoms with Crippen molar-refractivity contribution in [2.75, 3.05) is 13.1 Å². The molecule has 4 aliphatic rings. The van der Waals surface area contributed by atoms with Gasteiger partial charge in [0.05, 0.1) is 0 Å². The summed E-state index contributed by atoms with van der Waals surface area (Å²) in [5, 5.41) is 0. The fourth-order valence-corrected chi connectivity index (χ4v) is 5.48. The van der Waals surface area contributed by atoms with Gasteiger partial charge in [0, 0.05) is 25.0 Å². The third-order valence-corrected chi connectivity index (χ3v) is 6.85. The van der Waals surface area contributed by atoms with E-state index in [9.17, 15) is 9.59 Å². The molecule has 25 heavy (non-hydrogen) atoms. The Balaban J connectivity index is 1.35. The molecule has 2 saturated heterocycles. The Morgan fingerprint density at radius 3 is 2.44 bits per heavy atom. The van der Waals surface area contributed by atoms with Crippen molar-refractivity contribution >= 4 is 11.8 Å². The normalized spacial score (nSPS) is 36.1. The molecule has 2 bridgehead atoms. The largest absolute Gasteiger partial charge is 0.341 e. The van der Waals surface area contributed by atoms with Crippen LogP contribution in [0, 0.1) is 11.8 Å². The highest BCUT2D eigenvalue weighted by Crippen LogP contribution is 2.52. The summed E-state index contributed by atoms with van der Waals surface area (Å²) in [6.45, 7) is 1.76. The lowest BCUT2D eigenvalue weighted by molar-refractivity contribution is -0.148. The first-order valence-corrected chi connectivity index (χ1v) is 9.90. The van der Waals surface area contributed by atoms with Crippen molar-refractivity contribution in [3.8, 4) is 0 Å². The van der Waals surface area contributed by atoms with Gasteiger partial charge in [0.1, 0.15) is 6.04 Å². The van der Waals surface area contributed by atoms with Gasteiger partial charge in [-0.2, -0.15) is 0 Å². The van der Waals surface area contributed by atoms with Gasteiger partial charge in [-0.1, -0.05) is 30.3 Å². The molecule has 0 N–H and O–H groups in total. The molecule has 132 valence electrons. The van der Waals surface area contributed by atoms with E-state index < -0.39 is 0 Å². The van der Waals surface area contributed by atoms with Gasteiger partial charge in [0.15, 0.2) is 0 Å². The van der Waals surface area contributed by atoms with Crippen molar-refractivity contribution in [2.24, 2.45) is 11.8 Å². The number of carbonyl (C=O) groups excluding carboxylic acids is 2. The van der Waals surface area contributed by atoms with Gasteiger partial charge in [-0.15, -0.1) is 0 Å². The van der Waals surface area contributed by atoms with E-state index in [1.807, 2.05) is 28.0 Å². The minimum Gasteiger partial charge on any atom is -0.341 e. The van der Waals surface area contributed by atoms with Gasteiger partial charge in [-0.3, -0.25) is 9.59 Å². The Bertz CT molecular complexity index is 682. The number of hydrogen-bond acceptors (Lipinski definition) is 2. The molecule has 4 nitrogen and oxygen atoms in total. The quantitative estimate of drug-likeness (QED) is 0.850. The number of benzene rings is 1. The van der Waals surface area contributed by atoms with E-state index in [1.165, 1.54) is 5.56 Å². The average Bonchev–Trinajstić information content (AvgIpc) is 3.03. The van der Waals surface area contributed by atoms with Crippen LogP contribution in [0.5, 0.6) is 0 Å². The van der Waals surface area contributed by atoms with E-state index in [1.54, 1.807) is 0 Å². The molecule has 1 aromatic carbocycles. The number of piperidine rings is 1. The van der Waals surface area contributed by atoms with Crippen LogP contribution >= 0.6 is 0 Å². The van der Waals surface area contributed by atoms with E-state index in [2.05, 4.69) is 12.1 Å². The van der Waals surface area contributed by atoms with Gasteiger partial charge in [-0.05, 0) is 55.9 Å². The molecule has 5 unspecified atom stereocenters. The second kappa shape index (κ2) is 5.86. The SMILES string of the molecule is O=C(C1C2CCC(C2)N1C(=O)C1CC1c1ccccc1)N1CCCC1. The number of likely N-dealkylation sites (tertiary alicyclic amines) is 2. The van der Waals surface area contributed by atoms with Crippen LogP contribution in [0.15, 0.2) is 30.3 Å². The summed E-state index contributed by atoms with van der Waals surface area (Å²) in [6.07, 6.45) is 6.41. The molecule has 4 heteroatoms. The summed E-state index contributed by atoms with van der Waals surface area (Å²) in [7, 11) is 0. The first-order chi connectivity index (χ1) is 12.2. The van der Waals surface area contributed by atoms with Crippen LogP contribution in [0.2, 0.25) is 0 Å². The maximum absolute atomic E-state index is 13.3. The Morgan fingerprint density at radius 2 is 1.68 bits per heavy atom. The maximum atomic E-state index is 13.3. The first kappa shape index (κ1) is 15.4. The Morgan fingerprint density at radius 1 is 0.920 bits per heavy atom. The topological polar surface area (TPSA) is 40.6 Å². The van der Waals surface area contributed by atoms with Gasteiger partial charge < -0.3 is 9.80 Å². The number of hydrogen-bond donors (Lipinski definition) is 0. The predicted octanol–water partition coefficient (Wildman–Crippen LogP) is 2.79.